The third-order valence-corrected chi connectivity index (χ3v) is 3.82. The zero-order valence-corrected chi connectivity index (χ0v) is 12.1. The topological polar surface area (TPSA) is 53.4 Å². The highest BCUT2D eigenvalue weighted by atomic mass is 35.5. The lowest BCUT2D eigenvalue weighted by molar-refractivity contribution is 0.0696. The van der Waals surface area contributed by atoms with Crippen LogP contribution in [0.25, 0.3) is 0 Å². The van der Waals surface area contributed by atoms with Crippen molar-refractivity contribution in [2.24, 2.45) is 0 Å². The zero-order chi connectivity index (χ0) is 14.0. The predicted molar refractivity (Wildman–Crippen MR) is 77.4 cm³/mol. The van der Waals surface area contributed by atoms with E-state index in [9.17, 15) is 4.79 Å². The highest BCUT2D eigenvalue weighted by molar-refractivity contribution is 7.16. The fraction of sp³-hybridized carbons (Fsp3) is 0.231. The Balaban J connectivity index is 2.23. The van der Waals surface area contributed by atoms with Crippen molar-refractivity contribution >= 4 is 34.7 Å². The van der Waals surface area contributed by atoms with E-state index < -0.39 is 5.97 Å². The number of rotatable bonds is 4. The molecule has 6 heteroatoms. The Morgan fingerprint density at radius 3 is 2.79 bits per heavy atom. The number of aryl methyl sites for hydroxylation is 1. The Morgan fingerprint density at radius 1 is 1.47 bits per heavy atom. The summed E-state index contributed by atoms with van der Waals surface area (Å²) < 4.78 is 0.742. The van der Waals surface area contributed by atoms with Crippen molar-refractivity contribution in [2.75, 3.05) is 11.9 Å². The lowest BCUT2D eigenvalue weighted by Gasteiger charge is -2.18. The quantitative estimate of drug-likeness (QED) is 0.939. The molecule has 1 N–H and O–H groups in total. The van der Waals surface area contributed by atoms with Crippen molar-refractivity contribution in [1.82, 2.24) is 4.98 Å². The van der Waals surface area contributed by atoms with Crippen LogP contribution in [0.2, 0.25) is 4.34 Å². The molecule has 0 unspecified atom stereocenters. The maximum absolute atomic E-state index is 11.0. The molecule has 0 amide bonds. The van der Waals surface area contributed by atoms with Gasteiger partial charge in [-0.3, -0.25) is 0 Å². The molecule has 4 nitrogen and oxygen atoms in total. The van der Waals surface area contributed by atoms with Crippen LogP contribution >= 0.6 is 22.9 Å². The standard InChI is InChI=1S/C13H13ClN2O2S/c1-8-5-9(13(17)18)6-12(15-8)16(2)7-10-3-4-11(14)19-10/h3-6H,7H2,1-2H3,(H,17,18). The number of hydrogen-bond acceptors (Lipinski definition) is 4. The van der Waals surface area contributed by atoms with Gasteiger partial charge < -0.3 is 10.0 Å². The summed E-state index contributed by atoms with van der Waals surface area (Å²) >= 11 is 7.39. The average Bonchev–Trinajstić information content (AvgIpc) is 2.73. The Hall–Kier alpha value is -1.59. The molecule has 2 aromatic heterocycles. The summed E-state index contributed by atoms with van der Waals surface area (Å²) in [6.45, 7) is 2.43. The van der Waals surface area contributed by atoms with E-state index in [0.29, 0.717) is 18.1 Å². The van der Waals surface area contributed by atoms with E-state index in [0.717, 1.165) is 9.21 Å². The maximum atomic E-state index is 11.0. The molecule has 0 aliphatic heterocycles. The summed E-state index contributed by atoms with van der Waals surface area (Å²) in [6.07, 6.45) is 0. The van der Waals surface area contributed by atoms with Crippen molar-refractivity contribution in [1.29, 1.82) is 0 Å². The van der Waals surface area contributed by atoms with Crippen molar-refractivity contribution < 1.29 is 9.90 Å². The van der Waals surface area contributed by atoms with Crippen LogP contribution in [-0.2, 0) is 6.54 Å². The van der Waals surface area contributed by atoms with Gasteiger partial charge in [0.1, 0.15) is 5.82 Å². The Bertz CT molecular complexity index is 612. The SMILES string of the molecule is Cc1cc(C(=O)O)cc(N(C)Cc2ccc(Cl)s2)n1. The normalized spacial score (nSPS) is 10.5. The van der Waals surface area contributed by atoms with E-state index in [4.69, 9.17) is 16.7 Å². The minimum Gasteiger partial charge on any atom is -0.478 e. The second-order valence-corrected chi connectivity index (χ2v) is 6.02. The first-order valence-corrected chi connectivity index (χ1v) is 6.82. The summed E-state index contributed by atoms with van der Waals surface area (Å²) in [5, 5.41) is 9.05. The van der Waals surface area contributed by atoms with Crippen LogP contribution in [0.3, 0.4) is 0 Å². The van der Waals surface area contributed by atoms with Gasteiger partial charge in [0.2, 0.25) is 0 Å². The Kier molecular flexibility index (Phi) is 4.07. The van der Waals surface area contributed by atoms with E-state index in [2.05, 4.69) is 4.98 Å². The van der Waals surface area contributed by atoms with Crippen LogP contribution in [-0.4, -0.2) is 23.1 Å². The molecule has 0 saturated heterocycles. The number of carboxylic acids is 1. The number of nitrogens with zero attached hydrogens (tertiary/aromatic N) is 2. The zero-order valence-electron chi connectivity index (χ0n) is 10.6. The molecule has 0 bridgehead atoms. The van der Waals surface area contributed by atoms with Crippen molar-refractivity contribution in [3.8, 4) is 0 Å². The van der Waals surface area contributed by atoms with Crippen LogP contribution in [0.15, 0.2) is 24.3 Å². The van der Waals surface area contributed by atoms with E-state index in [1.54, 1.807) is 19.1 Å². The molecule has 0 saturated carbocycles. The van der Waals surface area contributed by atoms with Gasteiger partial charge in [-0.1, -0.05) is 11.6 Å². The fourth-order valence-corrected chi connectivity index (χ4v) is 2.86. The first kappa shape index (κ1) is 13.8. The molecule has 0 fully saturated rings. The predicted octanol–water partition coefficient (Wildman–Crippen LogP) is 3.44. The minimum absolute atomic E-state index is 0.249. The number of aromatic carboxylic acids is 1. The Morgan fingerprint density at radius 2 is 2.21 bits per heavy atom. The summed E-state index contributed by atoms with van der Waals surface area (Å²) in [5.41, 5.74) is 0.935. The van der Waals surface area contributed by atoms with Gasteiger partial charge in [-0.2, -0.15) is 0 Å². The first-order chi connectivity index (χ1) is 8.95. The van der Waals surface area contributed by atoms with E-state index in [1.165, 1.54) is 11.3 Å². The second kappa shape index (κ2) is 5.59. The lowest BCUT2D eigenvalue weighted by Crippen LogP contribution is -2.18. The summed E-state index contributed by atoms with van der Waals surface area (Å²) in [5.74, 6) is -0.304. The summed E-state index contributed by atoms with van der Waals surface area (Å²) in [7, 11) is 1.88. The Labute approximate surface area is 120 Å². The van der Waals surface area contributed by atoms with Gasteiger partial charge in [-0.25, -0.2) is 9.78 Å². The van der Waals surface area contributed by atoms with E-state index >= 15 is 0 Å². The molecule has 2 aromatic rings. The molecule has 0 aliphatic rings. The van der Waals surface area contributed by atoms with Crippen LogP contribution < -0.4 is 4.90 Å². The molecular weight excluding hydrogens is 284 g/mol. The van der Waals surface area contributed by atoms with Gasteiger partial charge >= 0.3 is 5.97 Å². The monoisotopic (exact) mass is 296 g/mol. The minimum atomic E-state index is -0.945. The van der Waals surface area contributed by atoms with Crippen LogP contribution in [0, 0.1) is 6.92 Å². The number of thiophene rings is 1. The fourth-order valence-electron chi connectivity index (χ4n) is 1.72. The van der Waals surface area contributed by atoms with Gasteiger partial charge in [0.15, 0.2) is 0 Å². The molecule has 0 spiro atoms. The van der Waals surface area contributed by atoms with Crippen LogP contribution in [0.1, 0.15) is 20.9 Å². The molecular formula is C13H13ClN2O2S. The van der Waals surface area contributed by atoms with Gasteiger partial charge in [0.05, 0.1) is 16.4 Å². The van der Waals surface area contributed by atoms with Gasteiger partial charge in [-0.05, 0) is 31.2 Å². The first-order valence-electron chi connectivity index (χ1n) is 5.63. The number of aromatic nitrogens is 1. The number of carbonyl (C=O) groups is 1. The number of carboxylic acid groups (broad SMARTS) is 1. The highest BCUT2D eigenvalue weighted by Gasteiger charge is 2.11. The number of pyridine rings is 1. The van der Waals surface area contributed by atoms with Crippen molar-refractivity contribution in [3.05, 3.63) is 44.7 Å². The maximum Gasteiger partial charge on any atom is 0.335 e. The molecule has 19 heavy (non-hydrogen) atoms. The second-order valence-electron chi connectivity index (χ2n) is 4.22. The molecule has 2 rings (SSSR count). The molecule has 100 valence electrons. The highest BCUT2D eigenvalue weighted by Crippen LogP contribution is 2.24. The third-order valence-electron chi connectivity index (χ3n) is 2.60. The summed E-state index contributed by atoms with van der Waals surface area (Å²) in [6, 6.07) is 6.94. The molecule has 0 aromatic carbocycles. The average molecular weight is 297 g/mol. The molecule has 0 aliphatic carbocycles. The van der Waals surface area contributed by atoms with Gasteiger partial charge in [-0.15, -0.1) is 11.3 Å². The number of anilines is 1. The van der Waals surface area contributed by atoms with E-state index in [1.807, 2.05) is 24.1 Å². The van der Waals surface area contributed by atoms with Crippen LogP contribution in [0.4, 0.5) is 5.82 Å². The number of halogens is 1. The number of hydrogen-bond donors (Lipinski definition) is 1. The smallest absolute Gasteiger partial charge is 0.335 e. The van der Waals surface area contributed by atoms with Gasteiger partial charge in [0.25, 0.3) is 0 Å². The largest absolute Gasteiger partial charge is 0.478 e. The van der Waals surface area contributed by atoms with E-state index in [-0.39, 0.29) is 5.56 Å². The van der Waals surface area contributed by atoms with Crippen molar-refractivity contribution in [2.45, 2.75) is 13.5 Å². The lowest BCUT2D eigenvalue weighted by atomic mass is 10.2. The van der Waals surface area contributed by atoms with Crippen molar-refractivity contribution in [3.63, 3.8) is 0 Å². The third kappa shape index (κ3) is 3.45. The molecule has 2 heterocycles. The van der Waals surface area contributed by atoms with Crippen LogP contribution in [0.5, 0.6) is 0 Å². The molecule has 0 atom stereocenters. The summed E-state index contributed by atoms with van der Waals surface area (Å²) in [4.78, 5) is 18.4. The van der Waals surface area contributed by atoms with Gasteiger partial charge in [0, 0.05) is 17.6 Å². The molecule has 0 radical (unpaired) electrons.